The second-order valence-corrected chi connectivity index (χ2v) is 8.88. The second kappa shape index (κ2) is 8.75. The van der Waals surface area contributed by atoms with Crippen molar-refractivity contribution in [2.45, 2.75) is 25.0 Å². The Morgan fingerprint density at radius 3 is 2.78 bits per heavy atom. The number of ether oxygens (including phenoxy) is 2. The quantitative estimate of drug-likeness (QED) is 0.480. The summed E-state index contributed by atoms with van der Waals surface area (Å²) in [6.45, 7) is 6.21. The topological polar surface area (TPSA) is 52.9 Å². The Morgan fingerprint density at radius 2 is 2.06 bits per heavy atom. The molecule has 3 aromatic rings. The first kappa shape index (κ1) is 20.7. The Hall–Kier alpha value is -3.18. The highest BCUT2D eigenvalue weighted by molar-refractivity contribution is 5.90. The van der Waals surface area contributed by atoms with E-state index in [2.05, 4.69) is 17.6 Å². The minimum atomic E-state index is -0.358. The molecule has 3 aliphatic heterocycles. The van der Waals surface area contributed by atoms with E-state index in [9.17, 15) is 4.79 Å². The number of pyridine rings is 1. The Bertz CT molecular complexity index is 1130. The van der Waals surface area contributed by atoms with Gasteiger partial charge in [-0.1, -0.05) is 24.3 Å². The fourth-order valence-corrected chi connectivity index (χ4v) is 5.53. The predicted molar refractivity (Wildman–Crippen MR) is 124 cm³/mol. The molecule has 5 atom stereocenters. The molecule has 2 bridgehead atoms. The van der Waals surface area contributed by atoms with Gasteiger partial charge in [0.1, 0.15) is 11.8 Å². The molecule has 1 aromatic heterocycles. The standard InChI is InChI=1S/C27H28N2O3/c1-3-18-17-29-14-12-20(18)15-25(29)26(32-27(30)19-7-5-4-6-8-19)22-11-13-28-24-10-9-21(31-2)16-23(22)24/h3-11,13,16,18,20,25-26H,1,12,14-15,17H2,2H3/p+1/t18-,20-,25+,26+/m0/s1. The number of benzene rings is 2. The predicted octanol–water partition coefficient (Wildman–Crippen LogP) is 3.62. The van der Waals surface area contributed by atoms with Gasteiger partial charge in [0.15, 0.2) is 6.10 Å². The molecule has 1 unspecified atom stereocenters. The normalized spacial score (nSPS) is 25.3. The lowest BCUT2D eigenvalue weighted by atomic mass is 9.73. The van der Waals surface area contributed by atoms with Crippen molar-refractivity contribution >= 4 is 16.9 Å². The van der Waals surface area contributed by atoms with Crippen LogP contribution in [-0.4, -0.2) is 37.2 Å². The van der Waals surface area contributed by atoms with E-state index in [-0.39, 0.29) is 18.1 Å². The minimum Gasteiger partial charge on any atom is -0.497 e. The van der Waals surface area contributed by atoms with E-state index < -0.39 is 0 Å². The van der Waals surface area contributed by atoms with Crippen molar-refractivity contribution in [3.05, 3.63) is 84.6 Å². The van der Waals surface area contributed by atoms with Crippen LogP contribution in [0, 0.1) is 11.8 Å². The molecule has 5 heteroatoms. The summed E-state index contributed by atoms with van der Waals surface area (Å²) in [6, 6.07) is 17.3. The van der Waals surface area contributed by atoms with E-state index in [1.54, 1.807) is 19.2 Å². The summed E-state index contributed by atoms with van der Waals surface area (Å²) in [6.07, 6.45) is 5.78. The van der Waals surface area contributed by atoms with E-state index in [1.165, 1.54) is 11.3 Å². The monoisotopic (exact) mass is 429 g/mol. The van der Waals surface area contributed by atoms with E-state index in [0.717, 1.165) is 41.7 Å². The molecule has 3 saturated heterocycles. The summed E-state index contributed by atoms with van der Waals surface area (Å²) in [5, 5.41) is 0.972. The molecular formula is C27H29N2O3+. The lowest BCUT2D eigenvalue weighted by Crippen LogP contribution is -3.20. The Kier molecular flexibility index (Phi) is 5.66. The summed E-state index contributed by atoms with van der Waals surface area (Å²) in [5.74, 6) is 1.61. The number of nitrogens with one attached hydrogen (secondary N) is 1. The highest BCUT2D eigenvalue weighted by Crippen LogP contribution is 2.37. The van der Waals surface area contributed by atoms with Gasteiger partial charge in [0, 0.05) is 35.9 Å². The SMILES string of the molecule is C=C[C@H]1C[NH+]2CC[C@H]1C[C@@H]2[C@H](OC(=O)c1ccccc1)c1ccnc2ccc(OC)cc12. The molecule has 0 spiro atoms. The number of aromatic nitrogens is 1. The molecule has 4 heterocycles. The number of carbonyl (C=O) groups excluding carboxylic acids is 1. The van der Waals surface area contributed by atoms with E-state index in [4.69, 9.17) is 9.47 Å². The second-order valence-electron chi connectivity index (χ2n) is 8.88. The van der Waals surface area contributed by atoms with Crippen LogP contribution in [0.1, 0.15) is 34.9 Å². The van der Waals surface area contributed by atoms with Gasteiger partial charge in [-0.25, -0.2) is 4.79 Å². The van der Waals surface area contributed by atoms with Crippen LogP contribution in [0.4, 0.5) is 0 Å². The molecule has 6 rings (SSSR count). The number of hydrogen-bond acceptors (Lipinski definition) is 4. The summed E-state index contributed by atoms with van der Waals surface area (Å²) in [7, 11) is 1.66. The van der Waals surface area contributed by atoms with Crippen LogP contribution in [0.5, 0.6) is 5.75 Å². The highest BCUT2D eigenvalue weighted by Gasteiger charge is 2.47. The van der Waals surface area contributed by atoms with Crippen molar-refractivity contribution < 1.29 is 19.2 Å². The molecule has 0 radical (unpaired) electrons. The van der Waals surface area contributed by atoms with Gasteiger partial charge in [-0.2, -0.15) is 0 Å². The zero-order valence-corrected chi connectivity index (χ0v) is 18.4. The van der Waals surface area contributed by atoms with Gasteiger partial charge < -0.3 is 14.4 Å². The molecule has 5 nitrogen and oxygen atoms in total. The number of piperidine rings is 3. The first-order valence-electron chi connectivity index (χ1n) is 11.3. The average molecular weight is 430 g/mol. The van der Waals surface area contributed by atoms with Crippen LogP contribution < -0.4 is 9.64 Å². The average Bonchev–Trinajstić information content (AvgIpc) is 2.87. The molecule has 3 fully saturated rings. The van der Waals surface area contributed by atoms with Crippen molar-refractivity contribution in [2.24, 2.45) is 11.8 Å². The van der Waals surface area contributed by atoms with Crippen molar-refractivity contribution in [2.75, 3.05) is 20.2 Å². The third-order valence-electron chi connectivity index (χ3n) is 7.22. The van der Waals surface area contributed by atoms with Gasteiger partial charge in [0.2, 0.25) is 0 Å². The summed E-state index contributed by atoms with van der Waals surface area (Å²) < 4.78 is 11.8. The lowest BCUT2D eigenvalue weighted by molar-refractivity contribution is -0.949. The lowest BCUT2D eigenvalue weighted by Gasteiger charge is -2.48. The van der Waals surface area contributed by atoms with E-state index in [1.807, 2.05) is 48.7 Å². The van der Waals surface area contributed by atoms with Gasteiger partial charge in [0.25, 0.3) is 0 Å². The molecule has 3 aliphatic rings. The largest absolute Gasteiger partial charge is 0.497 e. The van der Waals surface area contributed by atoms with Gasteiger partial charge in [0.05, 0.1) is 31.3 Å². The van der Waals surface area contributed by atoms with Gasteiger partial charge in [-0.05, 0) is 42.3 Å². The van der Waals surface area contributed by atoms with Crippen molar-refractivity contribution in [3.8, 4) is 5.75 Å². The zero-order chi connectivity index (χ0) is 22.1. The number of hydrogen-bond donors (Lipinski definition) is 1. The summed E-state index contributed by atoms with van der Waals surface area (Å²) >= 11 is 0. The number of fused-ring (bicyclic) bond motifs is 4. The van der Waals surface area contributed by atoms with Gasteiger partial charge in [-0.15, -0.1) is 6.58 Å². The molecule has 1 N–H and O–H groups in total. The van der Waals surface area contributed by atoms with E-state index >= 15 is 0 Å². The third kappa shape index (κ3) is 3.78. The molecule has 32 heavy (non-hydrogen) atoms. The van der Waals surface area contributed by atoms with Crippen LogP contribution >= 0.6 is 0 Å². The number of nitrogens with zero attached hydrogens (tertiary/aromatic N) is 1. The van der Waals surface area contributed by atoms with Crippen LogP contribution in [-0.2, 0) is 4.74 Å². The molecule has 0 amide bonds. The zero-order valence-electron chi connectivity index (χ0n) is 18.4. The van der Waals surface area contributed by atoms with Gasteiger partial charge >= 0.3 is 5.97 Å². The van der Waals surface area contributed by atoms with Crippen LogP contribution in [0.25, 0.3) is 10.9 Å². The first-order chi connectivity index (χ1) is 15.7. The van der Waals surface area contributed by atoms with Crippen molar-refractivity contribution in [1.29, 1.82) is 0 Å². The number of esters is 1. The Balaban J connectivity index is 1.57. The van der Waals surface area contributed by atoms with E-state index in [0.29, 0.717) is 17.4 Å². The highest BCUT2D eigenvalue weighted by atomic mass is 16.5. The maximum atomic E-state index is 13.2. The fourth-order valence-electron chi connectivity index (χ4n) is 5.53. The van der Waals surface area contributed by atoms with Crippen molar-refractivity contribution in [3.63, 3.8) is 0 Å². The molecule has 164 valence electrons. The van der Waals surface area contributed by atoms with Gasteiger partial charge in [-0.3, -0.25) is 4.98 Å². The van der Waals surface area contributed by atoms with Crippen molar-refractivity contribution in [1.82, 2.24) is 4.98 Å². The fraction of sp³-hybridized carbons (Fsp3) is 0.333. The van der Waals surface area contributed by atoms with Crippen LogP contribution in [0.2, 0.25) is 0 Å². The maximum Gasteiger partial charge on any atom is 0.338 e. The minimum absolute atomic E-state index is 0.203. The molecule has 0 aliphatic carbocycles. The molecular weight excluding hydrogens is 400 g/mol. The summed E-state index contributed by atoms with van der Waals surface area (Å²) in [5.41, 5.74) is 2.45. The smallest absolute Gasteiger partial charge is 0.338 e. The maximum absolute atomic E-state index is 13.2. The number of rotatable bonds is 6. The number of carbonyl (C=O) groups is 1. The first-order valence-corrected chi connectivity index (χ1v) is 11.3. The Labute approximate surface area is 188 Å². The third-order valence-corrected chi connectivity index (χ3v) is 7.22. The molecule has 2 aromatic carbocycles. The number of methoxy groups -OCH3 is 1. The van der Waals surface area contributed by atoms with Crippen LogP contribution in [0.15, 0.2) is 73.4 Å². The molecule has 0 saturated carbocycles. The Morgan fingerprint density at radius 1 is 1.22 bits per heavy atom. The number of quaternary nitrogens is 1. The summed E-state index contributed by atoms with van der Waals surface area (Å²) in [4.78, 5) is 19.2. The van der Waals surface area contributed by atoms with Crippen LogP contribution in [0.3, 0.4) is 0 Å².